The topological polar surface area (TPSA) is 84.5 Å². The van der Waals surface area contributed by atoms with Crippen LogP contribution in [0.25, 0.3) is 0 Å². The van der Waals surface area contributed by atoms with E-state index in [1.54, 1.807) is 12.1 Å². The molecule has 6 nitrogen and oxygen atoms in total. The van der Waals surface area contributed by atoms with Crippen LogP contribution >= 0.6 is 11.6 Å². The molecule has 0 fully saturated rings. The fourth-order valence-corrected chi connectivity index (χ4v) is 3.30. The Bertz CT molecular complexity index is 867. The number of hydrogen-bond donors (Lipinski definition) is 2. The van der Waals surface area contributed by atoms with Gasteiger partial charge in [-0.25, -0.2) is 13.1 Å². The highest BCUT2D eigenvalue weighted by molar-refractivity contribution is 7.89. The number of carbonyl (C=O) groups is 1. The fourth-order valence-electron chi connectivity index (χ4n) is 2.25. The molecule has 0 bridgehead atoms. The highest BCUT2D eigenvalue weighted by Crippen LogP contribution is 2.25. The van der Waals surface area contributed by atoms with Crippen molar-refractivity contribution in [3.05, 3.63) is 58.6 Å². The van der Waals surface area contributed by atoms with E-state index in [4.69, 9.17) is 16.3 Å². The highest BCUT2D eigenvalue weighted by atomic mass is 35.5. The fraction of sp³-hybridized carbons (Fsp3) is 0.235. The summed E-state index contributed by atoms with van der Waals surface area (Å²) < 4.78 is 31.5. The molecular formula is C17H19ClN2O4S. The molecule has 25 heavy (non-hydrogen) atoms. The van der Waals surface area contributed by atoms with Gasteiger partial charge in [0.1, 0.15) is 10.6 Å². The van der Waals surface area contributed by atoms with E-state index in [0.717, 1.165) is 5.56 Å². The summed E-state index contributed by atoms with van der Waals surface area (Å²) in [5, 5.41) is 3.44. The van der Waals surface area contributed by atoms with Crippen LogP contribution in [0.1, 0.15) is 28.9 Å². The number of carbonyl (C=O) groups excluding carboxylic acids is 1. The summed E-state index contributed by atoms with van der Waals surface area (Å²) in [6, 6.07) is 11.1. The second-order valence-corrected chi connectivity index (χ2v) is 7.61. The molecule has 1 amide bonds. The van der Waals surface area contributed by atoms with E-state index in [0.29, 0.717) is 5.02 Å². The Hall–Kier alpha value is -2.09. The zero-order valence-corrected chi connectivity index (χ0v) is 15.6. The van der Waals surface area contributed by atoms with Gasteiger partial charge in [-0.05, 0) is 49.9 Å². The molecule has 0 radical (unpaired) electrons. The number of rotatable bonds is 6. The lowest BCUT2D eigenvalue weighted by Gasteiger charge is -2.16. The van der Waals surface area contributed by atoms with Crippen molar-refractivity contribution in [2.24, 2.45) is 0 Å². The Kier molecular flexibility index (Phi) is 6.05. The van der Waals surface area contributed by atoms with Crippen molar-refractivity contribution in [1.82, 2.24) is 10.0 Å². The van der Waals surface area contributed by atoms with Crippen LogP contribution in [0.2, 0.25) is 5.02 Å². The molecule has 0 aliphatic heterocycles. The number of halogens is 1. The van der Waals surface area contributed by atoms with E-state index >= 15 is 0 Å². The van der Waals surface area contributed by atoms with E-state index in [1.165, 1.54) is 32.4 Å². The quantitative estimate of drug-likeness (QED) is 0.804. The molecule has 0 saturated heterocycles. The van der Waals surface area contributed by atoms with E-state index in [9.17, 15) is 13.2 Å². The molecule has 0 saturated carbocycles. The summed E-state index contributed by atoms with van der Waals surface area (Å²) in [6.07, 6.45) is 0. The van der Waals surface area contributed by atoms with Crippen molar-refractivity contribution in [1.29, 1.82) is 0 Å². The van der Waals surface area contributed by atoms with Gasteiger partial charge in [-0.15, -0.1) is 0 Å². The predicted octanol–water partition coefficient (Wildman–Crippen LogP) is 2.75. The molecule has 2 aromatic rings. The molecule has 0 aromatic heterocycles. The lowest BCUT2D eigenvalue weighted by atomic mass is 10.1. The van der Waals surface area contributed by atoms with Crippen LogP contribution in [0.5, 0.6) is 5.75 Å². The van der Waals surface area contributed by atoms with Gasteiger partial charge in [-0.1, -0.05) is 23.7 Å². The normalized spacial score (nSPS) is 12.5. The Morgan fingerprint density at radius 1 is 1.16 bits per heavy atom. The van der Waals surface area contributed by atoms with Gasteiger partial charge in [-0.2, -0.15) is 0 Å². The Morgan fingerprint density at radius 2 is 1.80 bits per heavy atom. The first kappa shape index (κ1) is 19.2. The summed E-state index contributed by atoms with van der Waals surface area (Å²) in [7, 11) is -1.09. The first-order chi connectivity index (χ1) is 11.8. The average molecular weight is 383 g/mol. The van der Waals surface area contributed by atoms with Crippen LogP contribution in [0, 0.1) is 0 Å². The maximum absolute atomic E-state index is 12.5. The smallest absolute Gasteiger partial charge is 0.251 e. The summed E-state index contributed by atoms with van der Waals surface area (Å²) >= 11 is 5.86. The molecule has 0 aliphatic carbocycles. The van der Waals surface area contributed by atoms with Crippen molar-refractivity contribution < 1.29 is 17.9 Å². The molecule has 0 aliphatic rings. The molecular weight excluding hydrogens is 364 g/mol. The molecule has 1 unspecified atom stereocenters. The molecule has 134 valence electrons. The second kappa shape index (κ2) is 7.86. The van der Waals surface area contributed by atoms with Gasteiger partial charge in [0, 0.05) is 10.6 Å². The van der Waals surface area contributed by atoms with Gasteiger partial charge in [0.2, 0.25) is 10.0 Å². The predicted molar refractivity (Wildman–Crippen MR) is 96.6 cm³/mol. The maximum atomic E-state index is 12.5. The number of ether oxygens (including phenoxy) is 1. The van der Waals surface area contributed by atoms with Crippen LogP contribution < -0.4 is 14.8 Å². The number of methoxy groups -OCH3 is 1. The number of amides is 1. The van der Waals surface area contributed by atoms with E-state index in [-0.39, 0.29) is 22.3 Å². The molecule has 2 rings (SSSR count). The second-order valence-electron chi connectivity index (χ2n) is 5.32. The summed E-state index contributed by atoms with van der Waals surface area (Å²) in [4.78, 5) is 12.4. The van der Waals surface area contributed by atoms with Crippen LogP contribution in [0.4, 0.5) is 0 Å². The van der Waals surface area contributed by atoms with Crippen LogP contribution in [-0.4, -0.2) is 28.5 Å². The van der Waals surface area contributed by atoms with Gasteiger partial charge in [0.15, 0.2) is 0 Å². The number of nitrogens with one attached hydrogen (secondary N) is 2. The van der Waals surface area contributed by atoms with Gasteiger partial charge >= 0.3 is 0 Å². The van der Waals surface area contributed by atoms with Crippen molar-refractivity contribution >= 4 is 27.5 Å². The minimum atomic E-state index is -3.75. The van der Waals surface area contributed by atoms with E-state index in [1.807, 2.05) is 19.1 Å². The van der Waals surface area contributed by atoms with Crippen LogP contribution in [-0.2, 0) is 10.0 Å². The SMILES string of the molecule is CNS(=O)(=O)c1cc(C(=O)NC(C)c2ccc(Cl)cc2)ccc1OC. The van der Waals surface area contributed by atoms with Crippen LogP contribution in [0.15, 0.2) is 47.4 Å². The van der Waals surface area contributed by atoms with E-state index in [2.05, 4.69) is 10.0 Å². The molecule has 2 N–H and O–H groups in total. The Labute approximate surface area is 152 Å². The largest absolute Gasteiger partial charge is 0.495 e. The molecule has 0 heterocycles. The zero-order chi connectivity index (χ0) is 18.6. The third kappa shape index (κ3) is 4.50. The van der Waals surface area contributed by atoms with Crippen molar-refractivity contribution in [2.45, 2.75) is 17.9 Å². The van der Waals surface area contributed by atoms with Gasteiger partial charge in [0.05, 0.1) is 13.2 Å². The lowest BCUT2D eigenvalue weighted by molar-refractivity contribution is 0.0939. The standard InChI is InChI=1S/C17H19ClN2O4S/c1-11(12-4-7-14(18)8-5-12)20-17(21)13-6-9-15(24-3)16(10-13)25(22,23)19-2/h4-11,19H,1-3H3,(H,20,21). The summed E-state index contributed by atoms with van der Waals surface area (Å²) in [5.41, 5.74) is 1.10. The third-order valence-electron chi connectivity index (χ3n) is 3.70. The number of sulfonamides is 1. The monoisotopic (exact) mass is 382 g/mol. The van der Waals surface area contributed by atoms with Crippen molar-refractivity contribution in [3.8, 4) is 5.75 Å². The molecule has 0 spiro atoms. The van der Waals surface area contributed by atoms with Gasteiger partial charge < -0.3 is 10.1 Å². The van der Waals surface area contributed by atoms with Crippen molar-refractivity contribution in [2.75, 3.05) is 14.2 Å². The highest BCUT2D eigenvalue weighted by Gasteiger charge is 2.21. The number of benzene rings is 2. The molecule has 8 heteroatoms. The maximum Gasteiger partial charge on any atom is 0.251 e. The van der Waals surface area contributed by atoms with Crippen molar-refractivity contribution in [3.63, 3.8) is 0 Å². The molecule has 2 aromatic carbocycles. The summed E-state index contributed by atoms with van der Waals surface area (Å²) in [6.45, 7) is 1.83. The minimum absolute atomic E-state index is 0.0932. The number of hydrogen-bond acceptors (Lipinski definition) is 4. The molecule has 1 atom stereocenters. The van der Waals surface area contributed by atoms with Gasteiger partial charge in [0.25, 0.3) is 5.91 Å². The van der Waals surface area contributed by atoms with Crippen LogP contribution in [0.3, 0.4) is 0 Å². The third-order valence-corrected chi connectivity index (χ3v) is 5.39. The van der Waals surface area contributed by atoms with Gasteiger partial charge in [-0.3, -0.25) is 4.79 Å². The minimum Gasteiger partial charge on any atom is -0.495 e. The first-order valence-corrected chi connectivity index (χ1v) is 9.32. The van der Waals surface area contributed by atoms with E-state index < -0.39 is 15.9 Å². The Morgan fingerprint density at radius 3 is 2.36 bits per heavy atom. The first-order valence-electron chi connectivity index (χ1n) is 7.46. The summed E-state index contributed by atoms with van der Waals surface area (Å²) in [5.74, 6) is -0.227. The Balaban J connectivity index is 2.27. The zero-order valence-electron chi connectivity index (χ0n) is 14.0. The lowest BCUT2D eigenvalue weighted by Crippen LogP contribution is -2.27. The average Bonchev–Trinajstić information content (AvgIpc) is 2.61.